The molecule has 0 bridgehead atoms. The van der Waals surface area contributed by atoms with Gasteiger partial charge in [-0.25, -0.2) is 4.98 Å². The van der Waals surface area contributed by atoms with E-state index in [9.17, 15) is 4.79 Å². The number of carbonyl (C=O) groups excluding carboxylic acids is 1. The van der Waals surface area contributed by atoms with Crippen LogP contribution < -0.4 is 10.5 Å². The average Bonchev–Trinajstić information content (AvgIpc) is 3.50. The predicted octanol–water partition coefficient (Wildman–Crippen LogP) is 5.55. The first-order valence-corrected chi connectivity index (χ1v) is 14.9. The smallest absolute Gasteiger partial charge is 0.254 e. The van der Waals surface area contributed by atoms with Crippen molar-refractivity contribution in [3.8, 4) is 27.7 Å². The van der Waals surface area contributed by atoms with Gasteiger partial charge >= 0.3 is 0 Å². The molecule has 0 spiro atoms. The molecule has 1 aliphatic carbocycles. The molecular weight excluding hydrogens is 520 g/mol. The Morgan fingerprint density at radius 1 is 1.12 bits per heavy atom. The largest absolute Gasteiger partial charge is 0.494 e. The zero-order valence-electron chi connectivity index (χ0n) is 23.0. The fourth-order valence-corrected chi connectivity index (χ4v) is 7.19. The average molecular weight is 555 g/mol. The second kappa shape index (κ2) is 10.1. The maximum atomic E-state index is 13.5. The number of amides is 1. The highest BCUT2D eigenvalue weighted by Gasteiger charge is 2.28. The van der Waals surface area contributed by atoms with Crippen molar-refractivity contribution in [3.05, 3.63) is 54.4 Å². The molecule has 5 heterocycles. The van der Waals surface area contributed by atoms with Crippen LogP contribution >= 0.6 is 11.3 Å². The van der Waals surface area contributed by atoms with Crippen LogP contribution in [0, 0.1) is 11.8 Å². The molecule has 206 valence electrons. The van der Waals surface area contributed by atoms with Crippen molar-refractivity contribution in [2.24, 2.45) is 24.6 Å². The van der Waals surface area contributed by atoms with Crippen LogP contribution in [-0.2, 0) is 13.6 Å². The number of aromatic nitrogens is 4. The topological polar surface area (TPSA) is 91.2 Å². The maximum Gasteiger partial charge on any atom is 0.254 e. The van der Waals surface area contributed by atoms with E-state index in [0.717, 1.165) is 48.5 Å². The van der Waals surface area contributed by atoms with Gasteiger partial charge in [-0.1, -0.05) is 0 Å². The van der Waals surface area contributed by atoms with Crippen molar-refractivity contribution in [1.82, 2.24) is 24.0 Å². The number of ether oxygens (including phenoxy) is 1. The van der Waals surface area contributed by atoms with Gasteiger partial charge in [0.1, 0.15) is 11.3 Å². The lowest BCUT2D eigenvalue weighted by Gasteiger charge is -2.32. The van der Waals surface area contributed by atoms with Gasteiger partial charge in [-0.05, 0) is 86.0 Å². The van der Waals surface area contributed by atoms with E-state index in [-0.39, 0.29) is 5.91 Å². The first kappa shape index (κ1) is 25.3. The molecule has 1 amide bonds. The van der Waals surface area contributed by atoms with E-state index in [1.165, 1.54) is 33.5 Å². The lowest BCUT2D eigenvalue weighted by molar-refractivity contribution is 0.0678. The van der Waals surface area contributed by atoms with Crippen LogP contribution in [0.25, 0.3) is 43.2 Å². The summed E-state index contributed by atoms with van der Waals surface area (Å²) in [6, 6.07) is 12.5. The lowest BCUT2D eigenvalue weighted by atomic mass is 9.97. The summed E-state index contributed by atoms with van der Waals surface area (Å²) in [6.45, 7) is 3.05. The molecule has 8 nitrogen and oxygen atoms in total. The molecule has 40 heavy (non-hydrogen) atoms. The number of likely N-dealkylation sites (tertiary alicyclic amines) is 1. The number of benzene rings is 1. The van der Waals surface area contributed by atoms with E-state index in [1.54, 1.807) is 18.4 Å². The van der Waals surface area contributed by atoms with Crippen molar-refractivity contribution in [1.29, 1.82) is 0 Å². The van der Waals surface area contributed by atoms with Gasteiger partial charge in [0, 0.05) is 49.5 Å². The number of aryl methyl sites for hydroxylation is 1. The molecule has 0 unspecified atom stereocenters. The summed E-state index contributed by atoms with van der Waals surface area (Å²) in [5.41, 5.74) is 11.7. The minimum absolute atomic E-state index is 0.0202. The van der Waals surface area contributed by atoms with E-state index in [2.05, 4.69) is 38.4 Å². The molecule has 1 saturated carbocycles. The van der Waals surface area contributed by atoms with Crippen molar-refractivity contribution in [3.63, 3.8) is 0 Å². The number of fused-ring (bicyclic) bond motifs is 2. The van der Waals surface area contributed by atoms with Crippen LogP contribution in [-0.4, -0.2) is 56.7 Å². The Bertz CT molecular complexity index is 1710. The Morgan fingerprint density at radius 2 is 1.95 bits per heavy atom. The third-order valence-corrected chi connectivity index (χ3v) is 9.58. The van der Waals surface area contributed by atoms with Crippen molar-refractivity contribution >= 4 is 38.5 Å². The van der Waals surface area contributed by atoms with Gasteiger partial charge in [-0.15, -0.1) is 11.3 Å². The van der Waals surface area contributed by atoms with E-state index < -0.39 is 0 Å². The van der Waals surface area contributed by atoms with Crippen LogP contribution in [0.1, 0.15) is 36.0 Å². The van der Waals surface area contributed by atoms with E-state index >= 15 is 0 Å². The number of rotatable bonds is 7. The highest BCUT2D eigenvalue weighted by Crippen LogP contribution is 2.42. The van der Waals surface area contributed by atoms with Crippen molar-refractivity contribution < 1.29 is 9.53 Å². The number of thiophene rings is 1. The Balaban J connectivity index is 1.31. The molecular formula is C31H34N6O2S. The quantitative estimate of drug-likeness (QED) is 0.285. The Morgan fingerprint density at radius 3 is 2.70 bits per heavy atom. The van der Waals surface area contributed by atoms with Crippen LogP contribution in [0.3, 0.4) is 0 Å². The summed E-state index contributed by atoms with van der Waals surface area (Å²) >= 11 is 1.80. The monoisotopic (exact) mass is 554 g/mol. The molecule has 1 atom stereocenters. The van der Waals surface area contributed by atoms with E-state index in [1.807, 2.05) is 36.5 Å². The second-order valence-electron chi connectivity index (χ2n) is 11.2. The fourth-order valence-electron chi connectivity index (χ4n) is 6.08. The summed E-state index contributed by atoms with van der Waals surface area (Å²) in [6.07, 6.45) is 8.29. The SMILES string of the molecule is COc1cc(C(=O)N2CCC[C@@H](CN)C2)cc2nc(-c3cc4sc(-c5ccncc5)cc4n3CC3CC3)n(C)c12. The molecule has 7 rings (SSSR count). The first-order valence-electron chi connectivity index (χ1n) is 14.1. The van der Waals surface area contributed by atoms with Gasteiger partial charge in [0.15, 0.2) is 5.82 Å². The molecule has 4 aromatic heterocycles. The minimum atomic E-state index is 0.0202. The predicted molar refractivity (Wildman–Crippen MR) is 160 cm³/mol. The molecule has 1 saturated heterocycles. The van der Waals surface area contributed by atoms with Gasteiger partial charge in [0.2, 0.25) is 0 Å². The number of imidazole rings is 1. The summed E-state index contributed by atoms with van der Waals surface area (Å²) in [5, 5.41) is 0. The summed E-state index contributed by atoms with van der Waals surface area (Å²) in [4.78, 5) is 26.0. The van der Waals surface area contributed by atoms with Gasteiger partial charge in [-0.3, -0.25) is 9.78 Å². The fraction of sp³-hybridized carbons (Fsp3) is 0.387. The highest BCUT2D eigenvalue weighted by molar-refractivity contribution is 7.22. The summed E-state index contributed by atoms with van der Waals surface area (Å²) < 4.78 is 11.6. The number of hydrogen-bond donors (Lipinski definition) is 1. The third kappa shape index (κ3) is 4.37. The van der Waals surface area contributed by atoms with E-state index in [4.69, 9.17) is 15.5 Å². The maximum absolute atomic E-state index is 13.5. The van der Waals surface area contributed by atoms with E-state index in [0.29, 0.717) is 36.2 Å². The van der Waals surface area contributed by atoms with Gasteiger partial charge in [0.25, 0.3) is 5.91 Å². The number of nitrogens with zero attached hydrogens (tertiary/aromatic N) is 5. The molecule has 0 radical (unpaired) electrons. The lowest BCUT2D eigenvalue weighted by Crippen LogP contribution is -2.42. The molecule has 1 aromatic carbocycles. The number of piperidine rings is 1. The van der Waals surface area contributed by atoms with Gasteiger partial charge < -0.3 is 24.5 Å². The number of hydrogen-bond acceptors (Lipinski definition) is 6. The Kier molecular flexibility index (Phi) is 6.35. The number of nitrogens with two attached hydrogens (primary N) is 1. The molecule has 1 aliphatic heterocycles. The van der Waals surface area contributed by atoms with Gasteiger partial charge in [-0.2, -0.15) is 0 Å². The van der Waals surface area contributed by atoms with Crippen LogP contribution in [0.2, 0.25) is 0 Å². The minimum Gasteiger partial charge on any atom is -0.494 e. The molecule has 9 heteroatoms. The van der Waals surface area contributed by atoms with Gasteiger partial charge in [0.05, 0.1) is 28.5 Å². The Labute approximate surface area is 237 Å². The number of methoxy groups -OCH3 is 1. The number of pyridine rings is 1. The first-order chi connectivity index (χ1) is 19.5. The standard InChI is InChI=1S/C31H34N6O2S/c1-35-29-23(12-22(13-26(29)39-2)31(38)36-11-3-4-20(16-32)17-36)34-30(35)25-15-28-24(37(25)18-19-5-6-19)14-27(40-28)21-7-9-33-10-8-21/h7-10,12-15,19-20H,3-6,11,16-18,32H2,1-2H3/t20-/m0/s1. The summed E-state index contributed by atoms with van der Waals surface area (Å²) in [7, 11) is 3.70. The van der Waals surface area contributed by atoms with Crippen LogP contribution in [0.15, 0.2) is 48.8 Å². The van der Waals surface area contributed by atoms with Crippen LogP contribution in [0.4, 0.5) is 0 Å². The number of carbonyl (C=O) groups is 1. The van der Waals surface area contributed by atoms with Crippen molar-refractivity contribution in [2.75, 3.05) is 26.7 Å². The van der Waals surface area contributed by atoms with Crippen LogP contribution in [0.5, 0.6) is 5.75 Å². The highest BCUT2D eigenvalue weighted by atomic mass is 32.1. The second-order valence-corrected chi connectivity index (χ2v) is 12.3. The van der Waals surface area contributed by atoms with Crippen molar-refractivity contribution in [2.45, 2.75) is 32.2 Å². The Hall–Kier alpha value is -3.69. The molecule has 2 fully saturated rings. The third-order valence-electron chi connectivity index (χ3n) is 8.46. The molecule has 2 N–H and O–H groups in total. The summed E-state index contributed by atoms with van der Waals surface area (Å²) in [5.74, 6) is 2.63. The molecule has 2 aliphatic rings. The normalized spacial score (nSPS) is 17.7. The zero-order valence-corrected chi connectivity index (χ0v) is 23.8. The zero-order chi connectivity index (χ0) is 27.4. The molecule has 5 aromatic rings.